The number of hydrogen-bond donors (Lipinski definition) is 0. The zero-order chi connectivity index (χ0) is 21.4. The molecule has 0 N–H and O–H groups in total. The van der Waals surface area contributed by atoms with Crippen LogP contribution in [-0.4, -0.2) is 23.1 Å². The standard InChI is InChI=1S/C21H16Cl2N2O3S2/c1-3-28-16(26)10-25-18-11(2)13(22)8-9-15(18)30-21(25)24-20(27)19-17(23)12-6-4-5-7-14(12)29-19/h4-9H,3,10H2,1-2H3. The van der Waals surface area contributed by atoms with E-state index in [9.17, 15) is 9.59 Å². The van der Waals surface area contributed by atoms with E-state index in [0.29, 0.717) is 19.7 Å². The molecule has 0 aliphatic rings. The van der Waals surface area contributed by atoms with Crippen molar-refractivity contribution in [1.29, 1.82) is 0 Å². The van der Waals surface area contributed by atoms with E-state index < -0.39 is 11.9 Å². The van der Waals surface area contributed by atoms with Crippen LogP contribution in [0.3, 0.4) is 0 Å². The van der Waals surface area contributed by atoms with E-state index in [4.69, 9.17) is 27.9 Å². The van der Waals surface area contributed by atoms with Crippen LogP contribution in [0.4, 0.5) is 0 Å². The number of ether oxygens (including phenoxy) is 1. The SMILES string of the molecule is CCOC(=O)Cn1c(=NC(=O)c2sc3ccccc3c2Cl)sc2ccc(Cl)c(C)c21. The third-order valence-corrected chi connectivity index (χ3v) is 7.67. The van der Waals surface area contributed by atoms with E-state index in [2.05, 4.69) is 4.99 Å². The maximum absolute atomic E-state index is 13.0. The van der Waals surface area contributed by atoms with Crippen LogP contribution in [0.5, 0.6) is 0 Å². The van der Waals surface area contributed by atoms with Gasteiger partial charge in [-0.3, -0.25) is 9.59 Å². The first-order chi connectivity index (χ1) is 14.4. The number of carbonyl (C=O) groups is 2. The summed E-state index contributed by atoms with van der Waals surface area (Å²) in [4.78, 5) is 30.3. The number of rotatable bonds is 4. The highest BCUT2D eigenvalue weighted by Crippen LogP contribution is 2.35. The van der Waals surface area contributed by atoms with Crippen molar-refractivity contribution >= 4 is 78.1 Å². The Bertz CT molecular complexity index is 1370. The first kappa shape index (κ1) is 21.1. The fourth-order valence-corrected chi connectivity index (χ4v) is 5.81. The van der Waals surface area contributed by atoms with Gasteiger partial charge in [-0.25, -0.2) is 0 Å². The fraction of sp³-hybridized carbons (Fsp3) is 0.190. The van der Waals surface area contributed by atoms with Gasteiger partial charge in [0.1, 0.15) is 11.4 Å². The number of halogens is 2. The van der Waals surface area contributed by atoms with Gasteiger partial charge < -0.3 is 9.30 Å². The number of aromatic nitrogens is 1. The maximum atomic E-state index is 13.0. The molecule has 30 heavy (non-hydrogen) atoms. The molecule has 0 bridgehead atoms. The van der Waals surface area contributed by atoms with Crippen LogP contribution in [0.15, 0.2) is 41.4 Å². The van der Waals surface area contributed by atoms with E-state index in [1.54, 1.807) is 17.6 Å². The fourth-order valence-electron chi connectivity index (χ4n) is 3.17. The number of hydrogen-bond acceptors (Lipinski definition) is 5. The summed E-state index contributed by atoms with van der Waals surface area (Å²) in [5.41, 5.74) is 1.57. The van der Waals surface area contributed by atoms with Gasteiger partial charge in [0.2, 0.25) is 0 Å². The van der Waals surface area contributed by atoms with Gasteiger partial charge in [0, 0.05) is 15.1 Å². The average Bonchev–Trinajstić information content (AvgIpc) is 3.23. The van der Waals surface area contributed by atoms with Crippen molar-refractivity contribution in [2.75, 3.05) is 6.61 Å². The molecular weight excluding hydrogens is 463 g/mol. The van der Waals surface area contributed by atoms with Crippen LogP contribution in [0.1, 0.15) is 22.2 Å². The topological polar surface area (TPSA) is 60.7 Å². The van der Waals surface area contributed by atoms with Crippen molar-refractivity contribution in [3.8, 4) is 0 Å². The van der Waals surface area contributed by atoms with E-state index in [1.165, 1.54) is 22.7 Å². The summed E-state index contributed by atoms with van der Waals surface area (Å²) in [6.07, 6.45) is 0. The van der Waals surface area contributed by atoms with Gasteiger partial charge in [0.15, 0.2) is 4.80 Å². The van der Waals surface area contributed by atoms with Gasteiger partial charge in [-0.15, -0.1) is 11.3 Å². The van der Waals surface area contributed by atoms with Crippen LogP contribution in [0.2, 0.25) is 10.0 Å². The molecule has 9 heteroatoms. The van der Waals surface area contributed by atoms with E-state index in [-0.39, 0.29) is 13.2 Å². The molecule has 154 valence electrons. The summed E-state index contributed by atoms with van der Waals surface area (Å²) in [6, 6.07) is 11.2. The molecule has 0 spiro atoms. The van der Waals surface area contributed by atoms with E-state index >= 15 is 0 Å². The minimum absolute atomic E-state index is 0.0682. The van der Waals surface area contributed by atoms with Crippen molar-refractivity contribution in [3.63, 3.8) is 0 Å². The smallest absolute Gasteiger partial charge is 0.326 e. The first-order valence-electron chi connectivity index (χ1n) is 9.10. The van der Waals surface area contributed by atoms with Crippen molar-refractivity contribution in [1.82, 2.24) is 4.57 Å². The lowest BCUT2D eigenvalue weighted by molar-refractivity contribution is -0.143. The third-order valence-electron chi connectivity index (χ3n) is 4.55. The Morgan fingerprint density at radius 1 is 1.10 bits per heavy atom. The molecule has 2 heterocycles. The van der Waals surface area contributed by atoms with Gasteiger partial charge in [-0.1, -0.05) is 52.7 Å². The van der Waals surface area contributed by atoms with E-state index in [1.807, 2.05) is 37.3 Å². The van der Waals surface area contributed by atoms with Crippen LogP contribution >= 0.6 is 45.9 Å². The van der Waals surface area contributed by atoms with Crippen molar-refractivity contribution in [3.05, 3.63) is 61.7 Å². The van der Waals surface area contributed by atoms with Crippen LogP contribution < -0.4 is 4.80 Å². The van der Waals surface area contributed by atoms with Gasteiger partial charge in [-0.2, -0.15) is 4.99 Å². The highest BCUT2D eigenvalue weighted by Gasteiger charge is 2.19. The van der Waals surface area contributed by atoms with Gasteiger partial charge in [0.25, 0.3) is 5.91 Å². The Balaban J connectivity index is 1.89. The molecule has 0 radical (unpaired) electrons. The summed E-state index contributed by atoms with van der Waals surface area (Å²) in [5, 5.41) is 1.78. The average molecular weight is 479 g/mol. The molecule has 2 aromatic carbocycles. The summed E-state index contributed by atoms with van der Waals surface area (Å²) in [6.45, 7) is 3.81. The second-order valence-corrected chi connectivity index (χ2v) is 9.30. The minimum atomic E-state index is -0.450. The molecule has 0 unspecified atom stereocenters. The molecule has 0 saturated carbocycles. The molecule has 2 aromatic heterocycles. The molecule has 0 aliphatic heterocycles. The summed E-state index contributed by atoms with van der Waals surface area (Å²) in [7, 11) is 0. The van der Waals surface area contributed by atoms with Crippen molar-refractivity contribution < 1.29 is 14.3 Å². The lowest BCUT2D eigenvalue weighted by atomic mass is 10.2. The molecule has 4 aromatic rings. The van der Waals surface area contributed by atoms with Crippen molar-refractivity contribution in [2.45, 2.75) is 20.4 Å². The van der Waals surface area contributed by atoms with E-state index in [0.717, 1.165) is 25.9 Å². The number of thiazole rings is 1. The third kappa shape index (κ3) is 3.78. The molecule has 5 nitrogen and oxygen atoms in total. The highest BCUT2D eigenvalue weighted by atomic mass is 35.5. The highest BCUT2D eigenvalue weighted by molar-refractivity contribution is 7.21. The second-order valence-electron chi connectivity index (χ2n) is 6.45. The lowest BCUT2D eigenvalue weighted by Gasteiger charge is -2.07. The number of benzene rings is 2. The van der Waals surface area contributed by atoms with Crippen LogP contribution in [-0.2, 0) is 16.1 Å². The molecule has 4 rings (SSSR count). The Morgan fingerprint density at radius 3 is 2.60 bits per heavy atom. The summed E-state index contributed by atoms with van der Waals surface area (Å²) in [5.74, 6) is -0.862. The molecule has 0 aliphatic carbocycles. The lowest BCUT2D eigenvalue weighted by Crippen LogP contribution is -2.23. The number of aryl methyl sites for hydroxylation is 1. The Labute approximate surface area is 190 Å². The number of amides is 1. The quantitative estimate of drug-likeness (QED) is 0.346. The number of esters is 1. The molecular formula is C21H16Cl2N2O3S2. The monoisotopic (exact) mass is 478 g/mol. The summed E-state index contributed by atoms with van der Waals surface area (Å²) >= 11 is 15.4. The molecule has 0 fully saturated rings. The number of thiophene rings is 1. The van der Waals surface area contributed by atoms with Crippen LogP contribution in [0.25, 0.3) is 20.3 Å². The minimum Gasteiger partial charge on any atom is -0.465 e. The largest absolute Gasteiger partial charge is 0.465 e. The number of fused-ring (bicyclic) bond motifs is 2. The predicted octanol–water partition coefficient (Wildman–Crippen LogP) is 5.84. The molecule has 0 saturated heterocycles. The second kappa shape index (κ2) is 8.51. The van der Waals surface area contributed by atoms with Crippen molar-refractivity contribution in [2.24, 2.45) is 4.99 Å². The molecule has 0 atom stereocenters. The van der Waals surface area contributed by atoms with Crippen LogP contribution in [0, 0.1) is 6.92 Å². The van der Waals surface area contributed by atoms with Gasteiger partial charge in [0.05, 0.1) is 21.8 Å². The summed E-state index contributed by atoms with van der Waals surface area (Å²) < 4.78 is 8.57. The Morgan fingerprint density at radius 2 is 1.87 bits per heavy atom. The first-order valence-corrected chi connectivity index (χ1v) is 11.5. The number of nitrogens with zero attached hydrogens (tertiary/aromatic N) is 2. The molecule has 1 amide bonds. The number of carbonyl (C=O) groups excluding carboxylic acids is 2. The van der Waals surface area contributed by atoms with Gasteiger partial charge in [-0.05, 0) is 37.6 Å². The Hall–Kier alpha value is -2.19. The maximum Gasteiger partial charge on any atom is 0.326 e. The predicted molar refractivity (Wildman–Crippen MR) is 123 cm³/mol. The van der Waals surface area contributed by atoms with Gasteiger partial charge >= 0.3 is 5.97 Å². The Kier molecular flexibility index (Phi) is 5.97. The normalized spacial score (nSPS) is 12.1. The zero-order valence-electron chi connectivity index (χ0n) is 16.1. The zero-order valence-corrected chi connectivity index (χ0v) is 19.2.